The molecule has 0 bridgehead atoms. The Balaban J connectivity index is 0.00000392. The number of nitrogens with zero attached hydrogens (tertiary/aromatic N) is 2. The lowest BCUT2D eigenvalue weighted by Crippen LogP contribution is -2.63. The van der Waals surface area contributed by atoms with Gasteiger partial charge in [-0.1, -0.05) is 0 Å². The summed E-state index contributed by atoms with van der Waals surface area (Å²) in [5, 5.41) is 8.69. The zero-order valence-electron chi connectivity index (χ0n) is 16.4. The SMILES string of the molecule is CN=C(NCC(=O)Nc1ccc(F)cc1)NC1CN(C(=O)OC(C)(C)C)C1.I. The van der Waals surface area contributed by atoms with Gasteiger partial charge in [-0.25, -0.2) is 9.18 Å². The number of likely N-dealkylation sites (tertiary alicyclic amines) is 1. The van der Waals surface area contributed by atoms with Crippen molar-refractivity contribution in [1.82, 2.24) is 15.5 Å². The first kappa shape index (κ1) is 23.9. The third-order valence-electron chi connectivity index (χ3n) is 3.64. The van der Waals surface area contributed by atoms with Crippen molar-refractivity contribution in [3.05, 3.63) is 30.1 Å². The summed E-state index contributed by atoms with van der Waals surface area (Å²) in [6.45, 7) is 6.46. The molecule has 1 aromatic rings. The molecule has 10 heteroatoms. The maximum Gasteiger partial charge on any atom is 0.410 e. The first-order chi connectivity index (χ1) is 12.7. The Morgan fingerprint density at radius 3 is 2.39 bits per heavy atom. The van der Waals surface area contributed by atoms with Crippen LogP contribution in [0.25, 0.3) is 0 Å². The molecular weight excluding hydrogens is 480 g/mol. The molecule has 1 aliphatic heterocycles. The molecule has 0 unspecified atom stereocenters. The van der Waals surface area contributed by atoms with Gasteiger partial charge < -0.3 is 25.6 Å². The van der Waals surface area contributed by atoms with Crippen LogP contribution in [-0.2, 0) is 9.53 Å². The Labute approximate surface area is 181 Å². The van der Waals surface area contributed by atoms with Gasteiger partial charge in [0.05, 0.1) is 12.6 Å². The molecule has 1 saturated heterocycles. The van der Waals surface area contributed by atoms with Crippen LogP contribution in [0.1, 0.15) is 20.8 Å². The van der Waals surface area contributed by atoms with Gasteiger partial charge in [0.25, 0.3) is 0 Å². The van der Waals surface area contributed by atoms with E-state index in [1.807, 2.05) is 20.8 Å². The topological polar surface area (TPSA) is 95.1 Å². The molecule has 0 atom stereocenters. The number of anilines is 1. The van der Waals surface area contributed by atoms with Gasteiger partial charge >= 0.3 is 6.09 Å². The number of carbonyl (C=O) groups excluding carboxylic acids is 2. The summed E-state index contributed by atoms with van der Waals surface area (Å²) in [4.78, 5) is 29.5. The number of amides is 2. The predicted molar refractivity (Wildman–Crippen MR) is 117 cm³/mol. The highest BCUT2D eigenvalue weighted by Gasteiger charge is 2.34. The fraction of sp³-hybridized carbons (Fsp3) is 0.500. The Bertz CT molecular complexity index is 700. The molecule has 8 nitrogen and oxygen atoms in total. The van der Waals surface area contributed by atoms with Crippen molar-refractivity contribution in [3.8, 4) is 0 Å². The Hall–Kier alpha value is -2.11. The average Bonchev–Trinajstić information content (AvgIpc) is 2.53. The van der Waals surface area contributed by atoms with E-state index in [1.54, 1.807) is 11.9 Å². The molecule has 1 aromatic carbocycles. The summed E-state index contributed by atoms with van der Waals surface area (Å²) < 4.78 is 18.2. The molecule has 3 N–H and O–H groups in total. The number of hydrogen-bond donors (Lipinski definition) is 3. The average molecular weight is 507 g/mol. The number of rotatable bonds is 4. The van der Waals surface area contributed by atoms with Crippen LogP contribution >= 0.6 is 24.0 Å². The molecule has 0 aliphatic carbocycles. The minimum atomic E-state index is -0.523. The Kier molecular flexibility index (Phi) is 8.92. The van der Waals surface area contributed by atoms with E-state index in [0.29, 0.717) is 24.7 Å². The first-order valence-corrected chi connectivity index (χ1v) is 8.67. The third kappa shape index (κ3) is 7.87. The lowest BCUT2D eigenvalue weighted by atomic mass is 10.1. The van der Waals surface area contributed by atoms with Gasteiger partial charge in [-0.15, -0.1) is 24.0 Å². The summed E-state index contributed by atoms with van der Waals surface area (Å²) in [7, 11) is 1.59. The summed E-state index contributed by atoms with van der Waals surface area (Å²) in [5.41, 5.74) is -0.0106. The maximum atomic E-state index is 12.9. The van der Waals surface area contributed by atoms with E-state index in [4.69, 9.17) is 4.74 Å². The van der Waals surface area contributed by atoms with Crippen molar-refractivity contribution < 1.29 is 18.7 Å². The molecule has 0 saturated carbocycles. The van der Waals surface area contributed by atoms with Crippen molar-refractivity contribution in [3.63, 3.8) is 0 Å². The maximum absolute atomic E-state index is 12.9. The third-order valence-corrected chi connectivity index (χ3v) is 3.64. The number of guanidine groups is 1. The van der Waals surface area contributed by atoms with Crippen molar-refractivity contribution >= 4 is 47.6 Å². The van der Waals surface area contributed by atoms with Gasteiger partial charge in [0.15, 0.2) is 5.96 Å². The van der Waals surface area contributed by atoms with Crippen molar-refractivity contribution in [2.75, 3.05) is 32.0 Å². The van der Waals surface area contributed by atoms with Crippen LogP contribution in [-0.4, -0.2) is 61.2 Å². The van der Waals surface area contributed by atoms with Crippen LogP contribution < -0.4 is 16.0 Å². The molecule has 2 rings (SSSR count). The lowest BCUT2D eigenvalue weighted by molar-refractivity contribution is -0.115. The van der Waals surface area contributed by atoms with Gasteiger partial charge in [-0.3, -0.25) is 9.79 Å². The van der Waals surface area contributed by atoms with Gasteiger partial charge in [0.2, 0.25) is 5.91 Å². The van der Waals surface area contributed by atoms with Crippen molar-refractivity contribution in [1.29, 1.82) is 0 Å². The molecular formula is C18H27FIN5O3. The highest BCUT2D eigenvalue weighted by molar-refractivity contribution is 14.0. The van der Waals surface area contributed by atoms with Crippen LogP contribution in [0.15, 0.2) is 29.3 Å². The standard InChI is InChI=1S/C18H26FN5O3.HI/c1-18(2,3)27-17(26)24-10-14(11-24)23-16(20-4)21-9-15(25)22-13-7-5-12(19)6-8-13;/h5-8,14H,9-11H2,1-4H3,(H,22,25)(H2,20,21,23);1H. The number of nitrogens with one attached hydrogen (secondary N) is 3. The van der Waals surface area contributed by atoms with E-state index in [-0.39, 0.29) is 54.4 Å². The number of aliphatic imine (C=N–C) groups is 1. The lowest BCUT2D eigenvalue weighted by Gasteiger charge is -2.40. The Morgan fingerprint density at radius 2 is 1.86 bits per heavy atom. The second-order valence-electron chi connectivity index (χ2n) is 7.21. The smallest absolute Gasteiger partial charge is 0.410 e. The number of benzene rings is 1. The van der Waals surface area contributed by atoms with E-state index in [1.165, 1.54) is 24.3 Å². The summed E-state index contributed by atoms with van der Waals surface area (Å²) in [6.07, 6.45) is -0.345. The van der Waals surface area contributed by atoms with E-state index in [2.05, 4.69) is 20.9 Å². The predicted octanol–water partition coefficient (Wildman–Crippen LogP) is 2.17. The van der Waals surface area contributed by atoms with Crippen LogP contribution in [0, 0.1) is 5.82 Å². The minimum Gasteiger partial charge on any atom is -0.444 e. The summed E-state index contributed by atoms with van der Waals surface area (Å²) >= 11 is 0. The van der Waals surface area contributed by atoms with Gasteiger partial charge in [0.1, 0.15) is 11.4 Å². The number of ether oxygens (including phenoxy) is 1. The molecule has 0 aromatic heterocycles. The second-order valence-corrected chi connectivity index (χ2v) is 7.21. The fourth-order valence-electron chi connectivity index (χ4n) is 2.34. The largest absolute Gasteiger partial charge is 0.444 e. The minimum absolute atomic E-state index is 0. The van der Waals surface area contributed by atoms with Crippen LogP contribution in [0.5, 0.6) is 0 Å². The highest BCUT2D eigenvalue weighted by Crippen LogP contribution is 2.15. The van der Waals surface area contributed by atoms with Gasteiger partial charge in [0, 0.05) is 25.8 Å². The molecule has 0 radical (unpaired) electrons. The zero-order chi connectivity index (χ0) is 20.0. The van der Waals surface area contributed by atoms with Crippen LogP contribution in [0.2, 0.25) is 0 Å². The molecule has 1 aliphatic rings. The molecule has 156 valence electrons. The van der Waals surface area contributed by atoms with Crippen molar-refractivity contribution in [2.45, 2.75) is 32.4 Å². The number of hydrogen-bond acceptors (Lipinski definition) is 4. The van der Waals surface area contributed by atoms with Gasteiger partial charge in [-0.2, -0.15) is 0 Å². The van der Waals surface area contributed by atoms with E-state index in [0.717, 1.165) is 0 Å². The van der Waals surface area contributed by atoms with E-state index in [9.17, 15) is 14.0 Å². The normalized spacial score (nSPS) is 14.5. The first-order valence-electron chi connectivity index (χ1n) is 8.67. The molecule has 2 amide bonds. The van der Waals surface area contributed by atoms with Crippen LogP contribution in [0.4, 0.5) is 14.9 Å². The zero-order valence-corrected chi connectivity index (χ0v) is 18.7. The Morgan fingerprint density at radius 1 is 1.25 bits per heavy atom. The molecule has 1 fully saturated rings. The van der Waals surface area contributed by atoms with Gasteiger partial charge in [-0.05, 0) is 45.0 Å². The number of halogens is 2. The summed E-state index contributed by atoms with van der Waals surface area (Å²) in [6, 6.07) is 5.55. The molecule has 28 heavy (non-hydrogen) atoms. The van der Waals surface area contributed by atoms with Crippen LogP contribution in [0.3, 0.4) is 0 Å². The number of carbonyl (C=O) groups is 2. The fourth-order valence-corrected chi connectivity index (χ4v) is 2.34. The van der Waals surface area contributed by atoms with E-state index < -0.39 is 5.60 Å². The van der Waals surface area contributed by atoms with Crippen molar-refractivity contribution in [2.24, 2.45) is 4.99 Å². The molecule has 0 spiro atoms. The monoisotopic (exact) mass is 507 g/mol. The quantitative estimate of drug-likeness (QED) is 0.330. The second kappa shape index (κ2) is 10.4. The summed E-state index contributed by atoms with van der Waals surface area (Å²) in [5.74, 6) is -0.191. The van der Waals surface area contributed by atoms with E-state index >= 15 is 0 Å². The molecule has 1 heterocycles. The highest BCUT2D eigenvalue weighted by atomic mass is 127.